The number of azide groups is 1. The average molecular weight is 191 g/mol. The fourth-order valence-electron chi connectivity index (χ4n) is 1.28. The van der Waals surface area contributed by atoms with Crippen molar-refractivity contribution in [3.8, 4) is 0 Å². The Morgan fingerprint density at radius 3 is 2.71 bits per heavy atom. The summed E-state index contributed by atoms with van der Waals surface area (Å²) in [6, 6.07) is 9.80. The van der Waals surface area contributed by atoms with Gasteiger partial charge in [-0.25, -0.2) is 0 Å². The van der Waals surface area contributed by atoms with E-state index in [9.17, 15) is 0 Å². The van der Waals surface area contributed by atoms with Gasteiger partial charge >= 0.3 is 0 Å². The maximum Gasteiger partial charge on any atom is 0.0648 e. The third kappa shape index (κ3) is 3.47. The topological polar surface area (TPSA) is 58.0 Å². The lowest BCUT2D eigenvalue weighted by atomic mass is 10.1. The molecule has 0 bridgehead atoms. The fraction of sp³-hybridized carbons (Fsp3) is 0.400. The molecule has 1 rings (SSSR count). The van der Waals surface area contributed by atoms with E-state index >= 15 is 0 Å². The van der Waals surface area contributed by atoms with Gasteiger partial charge in [-0.15, -0.1) is 0 Å². The molecule has 0 unspecified atom stereocenters. The Morgan fingerprint density at radius 1 is 1.43 bits per heavy atom. The monoisotopic (exact) mass is 191 g/mol. The van der Waals surface area contributed by atoms with E-state index in [4.69, 9.17) is 10.3 Å². The fourth-order valence-corrected chi connectivity index (χ4v) is 1.28. The van der Waals surface area contributed by atoms with Crippen LogP contribution in [0.5, 0.6) is 0 Å². The Bertz CT molecular complexity index is 306. The van der Waals surface area contributed by atoms with Gasteiger partial charge in [-0.1, -0.05) is 35.4 Å². The van der Waals surface area contributed by atoms with E-state index in [1.165, 1.54) is 0 Å². The molecule has 1 aromatic rings. The molecule has 0 aromatic heterocycles. The first-order valence-corrected chi connectivity index (χ1v) is 4.44. The first-order chi connectivity index (χ1) is 6.86. The lowest BCUT2D eigenvalue weighted by Gasteiger charge is -2.09. The van der Waals surface area contributed by atoms with Crippen LogP contribution in [-0.2, 0) is 11.2 Å². The van der Waals surface area contributed by atoms with Crippen molar-refractivity contribution < 1.29 is 4.74 Å². The molecule has 1 atom stereocenters. The van der Waals surface area contributed by atoms with Gasteiger partial charge in [0.05, 0.1) is 12.6 Å². The molecule has 4 nitrogen and oxygen atoms in total. The summed E-state index contributed by atoms with van der Waals surface area (Å²) in [6.45, 7) is 0.457. The maximum atomic E-state index is 8.34. The highest BCUT2D eigenvalue weighted by Crippen LogP contribution is 2.06. The highest BCUT2D eigenvalue weighted by Gasteiger charge is 2.06. The smallest absolute Gasteiger partial charge is 0.0648 e. The third-order valence-corrected chi connectivity index (χ3v) is 1.89. The molecular formula is C10H13N3O. The number of hydrogen-bond acceptors (Lipinski definition) is 2. The van der Waals surface area contributed by atoms with Gasteiger partial charge in [-0.2, -0.15) is 0 Å². The first-order valence-electron chi connectivity index (χ1n) is 4.44. The van der Waals surface area contributed by atoms with Crippen LogP contribution in [0.3, 0.4) is 0 Å². The Kier molecular flexibility index (Phi) is 4.55. The number of hydrogen-bond donors (Lipinski definition) is 0. The van der Waals surface area contributed by atoms with Crippen LogP contribution in [-0.4, -0.2) is 19.8 Å². The zero-order chi connectivity index (χ0) is 10.2. The van der Waals surface area contributed by atoms with Crippen molar-refractivity contribution in [3.05, 3.63) is 46.3 Å². The number of ether oxygens (including phenoxy) is 1. The minimum absolute atomic E-state index is 0.118. The SMILES string of the molecule is COC[C@@H](Cc1ccccc1)N=[N+]=[N-]. The standard InChI is InChI=1S/C10H13N3O/c1-14-8-10(12-13-11)7-9-5-3-2-4-6-9/h2-6,10H,7-8H2,1H3/t10-/m1/s1. The molecule has 0 aliphatic carbocycles. The van der Waals surface area contributed by atoms with Crippen molar-refractivity contribution in [2.24, 2.45) is 5.11 Å². The molecule has 0 saturated carbocycles. The minimum Gasteiger partial charge on any atom is -0.384 e. The quantitative estimate of drug-likeness (QED) is 0.401. The van der Waals surface area contributed by atoms with Gasteiger partial charge in [0, 0.05) is 12.0 Å². The summed E-state index contributed by atoms with van der Waals surface area (Å²) in [4.78, 5) is 2.80. The molecule has 0 heterocycles. The van der Waals surface area contributed by atoms with Gasteiger partial charge in [0.25, 0.3) is 0 Å². The summed E-state index contributed by atoms with van der Waals surface area (Å²) in [5, 5.41) is 3.66. The molecule has 4 heteroatoms. The molecule has 1 aromatic carbocycles. The first kappa shape index (κ1) is 10.6. The Hall–Kier alpha value is -1.51. The predicted molar refractivity (Wildman–Crippen MR) is 55.0 cm³/mol. The van der Waals surface area contributed by atoms with E-state index in [1.54, 1.807) is 7.11 Å². The molecule has 0 spiro atoms. The van der Waals surface area contributed by atoms with Crippen molar-refractivity contribution >= 4 is 0 Å². The van der Waals surface area contributed by atoms with Crippen LogP contribution in [0.1, 0.15) is 5.56 Å². The van der Waals surface area contributed by atoms with Gasteiger partial charge in [-0.3, -0.25) is 0 Å². The van der Waals surface area contributed by atoms with E-state index < -0.39 is 0 Å². The predicted octanol–water partition coefficient (Wildman–Crippen LogP) is 2.55. The second-order valence-electron chi connectivity index (χ2n) is 3.00. The zero-order valence-corrected chi connectivity index (χ0v) is 8.13. The zero-order valence-electron chi connectivity index (χ0n) is 8.13. The van der Waals surface area contributed by atoms with Gasteiger partial charge in [0.2, 0.25) is 0 Å². The van der Waals surface area contributed by atoms with Crippen molar-refractivity contribution in [2.75, 3.05) is 13.7 Å². The Balaban J connectivity index is 2.59. The third-order valence-electron chi connectivity index (χ3n) is 1.89. The summed E-state index contributed by atoms with van der Waals surface area (Å²) in [6.07, 6.45) is 0.721. The van der Waals surface area contributed by atoms with Crippen molar-refractivity contribution in [3.63, 3.8) is 0 Å². The van der Waals surface area contributed by atoms with E-state index in [0.29, 0.717) is 6.61 Å². The van der Waals surface area contributed by atoms with Crippen LogP contribution in [0.15, 0.2) is 35.4 Å². The second-order valence-corrected chi connectivity index (χ2v) is 3.00. The van der Waals surface area contributed by atoms with Crippen LogP contribution in [0.2, 0.25) is 0 Å². The molecule has 0 radical (unpaired) electrons. The number of rotatable bonds is 5. The Morgan fingerprint density at radius 2 is 2.14 bits per heavy atom. The highest BCUT2D eigenvalue weighted by atomic mass is 16.5. The summed E-state index contributed by atoms with van der Waals surface area (Å²) in [5.41, 5.74) is 9.50. The van der Waals surface area contributed by atoms with Crippen molar-refractivity contribution in [1.82, 2.24) is 0 Å². The van der Waals surface area contributed by atoms with E-state index in [0.717, 1.165) is 12.0 Å². The summed E-state index contributed by atoms with van der Waals surface area (Å²) >= 11 is 0. The van der Waals surface area contributed by atoms with Crippen LogP contribution in [0.25, 0.3) is 10.4 Å². The largest absolute Gasteiger partial charge is 0.384 e. The Labute approximate surface area is 83.1 Å². The van der Waals surface area contributed by atoms with Gasteiger partial charge in [-0.05, 0) is 17.5 Å². The molecule has 0 N–H and O–H groups in total. The second kappa shape index (κ2) is 6.02. The molecular weight excluding hydrogens is 178 g/mol. The van der Waals surface area contributed by atoms with Gasteiger partial charge in [0.1, 0.15) is 0 Å². The van der Waals surface area contributed by atoms with Crippen LogP contribution in [0, 0.1) is 0 Å². The number of nitrogens with zero attached hydrogens (tertiary/aromatic N) is 3. The van der Waals surface area contributed by atoms with E-state index in [-0.39, 0.29) is 6.04 Å². The summed E-state index contributed by atoms with van der Waals surface area (Å²) in [7, 11) is 1.60. The lowest BCUT2D eigenvalue weighted by molar-refractivity contribution is 0.180. The molecule has 74 valence electrons. The normalized spacial score (nSPS) is 11.8. The molecule has 0 fully saturated rings. The van der Waals surface area contributed by atoms with E-state index in [2.05, 4.69) is 10.0 Å². The molecule has 0 aliphatic rings. The molecule has 0 saturated heterocycles. The van der Waals surface area contributed by atoms with Crippen molar-refractivity contribution in [2.45, 2.75) is 12.5 Å². The average Bonchev–Trinajstić information content (AvgIpc) is 2.20. The van der Waals surface area contributed by atoms with Crippen LogP contribution < -0.4 is 0 Å². The van der Waals surface area contributed by atoms with Gasteiger partial charge in [0.15, 0.2) is 0 Å². The number of methoxy groups -OCH3 is 1. The lowest BCUT2D eigenvalue weighted by Crippen LogP contribution is -2.14. The highest BCUT2D eigenvalue weighted by molar-refractivity contribution is 5.15. The number of benzene rings is 1. The minimum atomic E-state index is -0.118. The van der Waals surface area contributed by atoms with Gasteiger partial charge < -0.3 is 4.74 Å². The maximum absolute atomic E-state index is 8.34. The van der Waals surface area contributed by atoms with Crippen LogP contribution in [0.4, 0.5) is 0 Å². The summed E-state index contributed by atoms with van der Waals surface area (Å²) < 4.78 is 4.96. The summed E-state index contributed by atoms with van der Waals surface area (Å²) in [5.74, 6) is 0. The molecule has 0 aliphatic heterocycles. The van der Waals surface area contributed by atoms with E-state index in [1.807, 2.05) is 30.3 Å². The van der Waals surface area contributed by atoms with Crippen molar-refractivity contribution in [1.29, 1.82) is 0 Å². The molecule has 0 amide bonds. The van der Waals surface area contributed by atoms with Crippen LogP contribution >= 0.6 is 0 Å². The molecule has 14 heavy (non-hydrogen) atoms.